The lowest BCUT2D eigenvalue weighted by atomic mass is 9.94. The number of piperidine rings is 1. The van der Waals surface area contributed by atoms with Gasteiger partial charge in [0.05, 0.1) is 19.3 Å². The van der Waals surface area contributed by atoms with Crippen LogP contribution in [0.15, 0.2) is 22.6 Å². The summed E-state index contributed by atoms with van der Waals surface area (Å²) < 4.78 is 11.5. The number of hydrogen-bond donors (Lipinski definition) is 0. The molecule has 1 unspecified atom stereocenters. The molecule has 0 saturated carbocycles. The maximum atomic E-state index is 13.0. The third kappa shape index (κ3) is 3.47. The number of rotatable bonds is 2. The summed E-state index contributed by atoms with van der Waals surface area (Å²) in [6, 6.07) is 6.46. The van der Waals surface area contributed by atoms with Crippen molar-refractivity contribution >= 4 is 34.6 Å². The van der Waals surface area contributed by atoms with Crippen LogP contribution in [-0.2, 0) is 9.53 Å². The molecule has 1 aromatic carbocycles. The first-order chi connectivity index (χ1) is 13.7. The first-order valence-electron chi connectivity index (χ1n) is 10.1. The second-order valence-electron chi connectivity index (χ2n) is 7.92. The van der Waals surface area contributed by atoms with E-state index in [2.05, 4.69) is 19.7 Å². The molecule has 1 amide bonds. The Morgan fingerprint density at radius 3 is 2.86 bits per heavy atom. The molecule has 1 atom stereocenters. The minimum Gasteiger partial charge on any atom is -0.423 e. The van der Waals surface area contributed by atoms with Gasteiger partial charge in [-0.25, -0.2) is 0 Å². The highest BCUT2D eigenvalue weighted by Crippen LogP contribution is 2.29. The van der Waals surface area contributed by atoms with E-state index in [4.69, 9.17) is 20.8 Å². The number of carbonyl (C=O) groups excluding carboxylic acids is 1. The number of amides is 1. The van der Waals surface area contributed by atoms with Gasteiger partial charge in [-0.15, -0.1) is 0 Å². The van der Waals surface area contributed by atoms with Gasteiger partial charge in [-0.05, 0) is 25.0 Å². The summed E-state index contributed by atoms with van der Waals surface area (Å²) >= 11 is 6.03. The SMILES string of the molecule is O=C(C1CCN(c2nc3ccc(Cl)cc3o2)CC1)N1CCN2CCOCC2C1. The molecule has 0 spiro atoms. The molecule has 0 radical (unpaired) electrons. The van der Waals surface area contributed by atoms with Gasteiger partial charge in [0.15, 0.2) is 5.58 Å². The molecule has 2 aromatic rings. The Hall–Kier alpha value is -1.83. The van der Waals surface area contributed by atoms with E-state index >= 15 is 0 Å². The predicted octanol–water partition coefficient (Wildman–Crippen LogP) is 2.24. The van der Waals surface area contributed by atoms with Crippen LogP contribution in [0.1, 0.15) is 12.8 Å². The normalized spacial score (nSPS) is 24.5. The van der Waals surface area contributed by atoms with Crippen molar-refractivity contribution in [3.8, 4) is 0 Å². The second-order valence-corrected chi connectivity index (χ2v) is 8.36. The van der Waals surface area contributed by atoms with Crippen LogP contribution in [0, 0.1) is 5.92 Å². The van der Waals surface area contributed by atoms with Crippen LogP contribution in [0.4, 0.5) is 6.01 Å². The van der Waals surface area contributed by atoms with Crippen molar-refractivity contribution < 1.29 is 13.9 Å². The third-order valence-corrected chi connectivity index (χ3v) is 6.44. The van der Waals surface area contributed by atoms with Crippen molar-refractivity contribution in [1.29, 1.82) is 0 Å². The molecule has 3 saturated heterocycles. The summed E-state index contributed by atoms with van der Waals surface area (Å²) in [7, 11) is 0. The summed E-state index contributed by atoms with van der Waals surface area (Å²) in [4.78, 5) is 24.2. The van der Waals surface area contributed by atoms with Crippen LogP contribution < -0.4 is 4.90 Å². The van der Waals surface area contributed by atoms with Gasteiger partial charge in [0.25, 0.3) is 6.01 Å². The molecule has 1 aromatic heterocycles. The van der Waals surface area contributed by atoms with E-state index in [9.17, 15) is 4.79 Å². The standard InChI is InChI=1S/C20H25ClN4O3/c21-15-1-2-17-18(11-15)28-20(22-17)24-5-3-14(4-6-24)19(26)25-8-7-23-9-10-27-13-16(23)12-25/h1-2,11,14,16H,3-10,12-13H2. The number of carbonyl (C=O) groups is 1. The van der Waals surface area contributed by atoms with Crippen LogP contribution in [-0.4, -0.2) is 79.2 Å². The average Bonchev–Trinajstić information content (AvgIpc) is 3.16. The Morgan fingerprint density at radius 2 is 2.00 bits per heavy atom. The number of hydrogen-bond acceptors (Lipinski definition) is 6. The summed E-state index contributed by atoms with van der Waals surface area (Å²) in [5.74, 6) is 0.389. The molecule has 0 N–H and O–H groups in total. The Morgan fingerprint density at radius 1 is 1.14 bits per heavy atom. The van der Waals surface area contributed by atoms with Crippen LogP contribution in [0.5, 0.6) is 0 Å². The van der Waals surface area contributed by atoms with Crippen molar-refractivity contribution in [3.63, 3.8) is 0 Å². The lowest BCUT2D eigenvalue weighted by molar-refractivity contribution is -0.141. The minimum absolute atomic E-state index is 0.0890. The molecule has 3 aliphatic heterocycles. The van der Waals surface area contributed by atoms with Gasteiger partial charge in [-0.2, -0.15) is 4.98 Å². The zero-order valence-corrected chi connectivity index (χ0v) is 16.6. The van der Waals surface area contributed by atoms with Crippen molar-refractivity contribution in [2.24, 2.45) is 5.92 Å². The lowest BCUT2D eigenvalue weighted by Gasteiger charge is -2.45. The van der Waals surface area contributed by atoms with E-state index in [-0.39, 0.29) is 5.92 Å². The largest absolute Gasteiger partial charge is 0.423 e. The number of anilines is 1. The number of aromatic nitrogens is 1. The second kappa shape index (κ2) is 7.54. The summed E-state index contributed by atoms with van der Waals surface area (Å²) in [6.45, 7) is 6.69. The lowest BCUT2D eigenvalue weighted by Crippen LogP contribution is -2.60. The van der Waals surface area contributed by atoms with E-state index in [1.54, 1.807) is 6.07 Å². The van der Waals surface area contributed by atoms with E-state index in [1.165, 1.54) is 0 Å². The number of benzene rings is 1. The zero-order valence-electron chi connectivity index (χ0n) is 15.8. The number of halogens is 1. The van der Waals surface area contributed by atoms with E-state index < -0.39 is 0 Å². The maximum Gasteiger partial charge on any atom is 0.298 e. The van der Waals surface area contributed by atoms with Gasteiger partial charge in [-0.1, -0.05) is 11.6 Å². The van der Waals surface area contributed by atoms with Crippen molar-refractivity contribution in [1.82, 2.24) is 14.8 Å². The molecule has 0 aliphatic carbocycles. The summed E-state index contributed by atoms with van der Waals surface area (Å²) in [5.41, 5.74) is 1.51. The molecule has 8 heteroatoms. The van der Waals surface area contributed by atoms with Crippen LogP contribution in [0.25, 0.3) is 11.1 Å². The molecule has 150 valence electrons. The molecule has 28 heavy (non-hydrogen) atoms. The molecule has 3 fully saturated rings. The molecule has 5 rings (SSSR count). The fourth-order valence-corrected chi connectivity index (χ4v) is 4.71. The smallest absolute Gasteiger partial charge is 0.298 e. The predicted molar refractivity (Wildman–Crippen MR) is 107 cm³/mol. The highest BCUT2D eigenvalue weighted by molar-refractivity contribution is 6.31. The fourth-order valence-electron chi connectivity index (χ4n) is 4.54. The van der Waals surface area contributed by atoms with Crippen molar-refractivity contribution in [2.75, 3.05) is 57.4 Å². The first kappa shape index (κ1) is 18.2. The Labute approximate surface area is 169 Å². The Kier molecular flexibility index (Phi) is 4.90. The Bertz CT molecular complexity index is 864. The molecule has 7 nitrogen and oxygen atoms in total. The highest BCUT2D eigenvalue weighted by atomic mass is 35.5. The molecular weight excluding hydrogens is 380 g/mol. The number of ether oxygens (including phenoxy) is 1. The highest BCUT2D eigenvalue weighted by Gasteiger charge is 2.35. The monoisotopic (exact) mass is 404 g/mol. The van der Waals surface area contributed by atoms with Crippen molar-refractivity contribution in [3.05, 3.63) is 23.2 Å². The van der Waals surface area contributed by atoms with Gasteiger partial charge in [0.1, 0.15) is 5.52 Å². The van der Waals surface area contributed by atoms with Gasteiger partial charge >= 0.3 is 0 Å². The fraction of sp³-hybridized carbons (Fsp3) is 0.600. The van der Waals surface area contributed by atoms with Gasteiger partial charge in [0, 0.05) is 56.3 Å². The quantitative estimate of drug-likeness (QED) is 0.765. The van der Waals surface area contributed by atoms with Crippen molar-refractivity contribution in [2.45, 2.75) is 18.9 Å². The van der Waals surface area contributed by atoms with Gasteiger partial charge in [-0.3, -0.25) is 9.69 Å². The number of nitrogens with zero attached hydrogens (tertiary/aromatic N) is 4. The zero-order chi connectivity index (χ0) is 19.1. The van der Waals surface area contributed by atoms with E-state index in [0.717, 1.165) is 70.8 Å². The van der Waals surface area contributed by atoms with Gasteiger partial charge < -0.3 is 19.0 Å². The average molecular weight is 405 g/mol. The molecule has 0 bridgehead atoms. The number of piperazine rings is 1. The van der Waals surface area contributed by atoms with Crippen LogP contribution in [0.3, 0.4) is 0 Å². The Balaban J connectivity index is 1.20. The molecule has 3 aliphatic rings. The summed E-state index contributed by atoms with van der Waals surface area (Å²) in [5, 5.41) is 0.642. The molecular formula is C20H25ClN4O3. The third-order valence-electron chi connectivity index (χ3n) is 6.20. The van der Waals surface area contributed by atoms with Crippen LogP contribution >= 0.6 is 11.6 Å². The van der Waals surface area contributed by atoms with Crippen LogP contribution in [0.2, 0.25) is 5.02 Å². The number of oxazole rings is 1. The first-order valence-corrected chi connectivity index (χ1v) is 10.5. The van der Waals surface area contributed by atoms with Gasteiger partial charge in [0.2, 0.25) is 5.91 Å². The summed E-state index contributed by atoms with van der Waals surface area (Å²) in [6.07, 6.45) is 1.67. The minimum atomic E-state index is 0.0890. The van der Waals surface area contributed by atoms with E-state index in [0.29, 0.717) is 28.6 Å². The molecule has 4 heterocycles. The number of fused-ring (bicyclic) bond motifs is 2. The van der Waals surface area contributed by atoms with E-state index in [1.807, 2.05) is 12.1 Å². The maximum absolute atomic E-state index is 13.0. The topological polar surface area (TPSA) is 62.1 Å². The number of morpholine rings is 1.